The Morgan fingerprint density at radius 3 is 2.76 bits per heavy atom. The van der Waals surface area contributed by atoms with Crippen molar-refractivity contribution in [3.8, 4) is 0 Å². The molecule has 0 bridgehead atoms. The van der Waals surface area contributed by atoms with Crippen LogP contribution >= 0.6 is 0 Å². The third kappa shape index (κ3) is 3.86. The number of carbonyl (C=O) groups excluding carboxylic acids is 2. The molecule has 1 unspecified atom stereocenters. The van der Waals surface area contributed by atoms with Gasteiger partial charge >= 0.3 is 0 Å². The minimum Gasteiger partial charge on any atom is -0.373 e. The average molecular weight is 348 g/mol. The summed E-state index contributed by atoms with van der Waals surface area (Å²) < 4.78 is 13.8. The Bertz CT molecular complexity index is 666. The second kappa shape index (κ2) is 7.29. The van der Waals surface area contributed by atoms with Crippen molar-refractivity contribution >= 4 is 23.2 Å². The Morgan fingerprint density at radius 1 is 1.20 bits per heavy atom. The highest BCUT2D eigenvalue weighted by Gasteiger charge is 2.29. The summed E-state index contributed by atoms with van der Waals surface area (Å²) in [6.07, 6.45) is 2.42. The van der Waals surface area contributed by atoms with Crippen molar-refractivity contribution in [2.45, 2.75) is 19.3 Å². The first-order valence-corrected chi connectivity index (χ1v) is 8.78. The first kappa shape index (κ1) is 17.5. The van der Waals surface area contributed by atoms with Gasteiger partial charge in [-0.2, -0.15) is 0 Å². The Morgan fingerprint density at radius 2 is 2.00 bits per heavy atom. The maximum Gasteiger partial charge on any atom is 0.242 e. The zero-order chi connectivity index (χ0) is 18.0. The molecular weight excluding hydrogens is 323 g/mol. The second-order valence-electron chi connectivity index (χ2n) is 6.91. The van der Waals surface area contributed by atoms with E-state index in [2.05, 4.69) is 4.90 Å². The molecule has 1 aromatic rings. The average Bonchev–Trinajstić information content (AvgIpc) is 2.74. The number of primary amides is 1. The lowest BCUT2D eigenvalue weighted by atomic mass is 9.97. The number of nitrogens with zero attached hydrogens (tertiary/aromatic N) is 3. The van der Waals surface area contributed by atoms with Crippen LogP contribution in [0.2, 0.25) is 0 Å². The lowest BCUT2D eigenvalue weighted by Crippen LogP contribution is -2.47. The molecule has 6 nitrogen and oxygen atoms in total. The van der Waals surface area contributed by atoms with Crippen LogP contribution in [0, 0.1) is 11.7 Å². The molecule has 0 aromatic heterocycles. The first-order valence-electron chi connectivity index (χ1n) is 8.78. The van der Waals surface area contributed by atoms with E-state index >= 15 is 0 Å². The monoisotopic (exact) mass is 348 g/mol. The fraction of sp³-hybridized carbons (Fsp3) is 0.556. The van der Waals surface area contributed by atoms with Gasteiger partial charge in [0.25, 0.3) is 0 Å². The lowest BCUT2D eigenvalue weighted by Gasteiger charge is -2.33. The third-order valence-electron chi connectivity index (χ3n) is 5.11. The molecule has 2 amide bonds. The molecule has 0 radical (unpaired) electrons. The third-order valence-corrected chi connectivity index (χ3v) is 5.11. The Balaban J connectivity index is 1.76. The predicted octanol–water partition coefficient (Wildman–Crippen LogP) is 1.20. The van der Waals surface area contributed by atoms with E-state index in [1.807, 2.05) is 11.9 Å². The van der Waals surface area contributed by atoms with Gasteiger partial charge in [-0.1, -0.05) is 0 Å². The number of likely N-dealkylation sites (tertiary alicyclic amines) is 1. The summed E-state index contributed by atoms with van der Waals surface area (Å²) in [7, 11) is 1.98. The normalized spacial score (nSPS) is 20.9. The molecule has 0 saturated carbocycles. The fourth-order valence-corrected chi connectivity index (χ4v) is 3.68. The predicted molar refractivity (Wildman–Crippen MR) is 95.0 cm³/mol. The van der Waals surface area contributed by atoms with E-state index in [9.17, 15) is 14.0 Å². The first-order chi connectivity index (χ1) is 12.0. The van der Waals surface area contributed by atoms with Crippen molar-refractivity contribution in [3.05, 3.63) is 24.0 Å². The lowest BCUT2D eigenvalue weighted by molar-refractivity contribution is -0.133. The topological polar surface area (TPSA) is 69.9 Å². The molecule has 2 N–H and O–H groups in total. The Labute approximate surface area is 147 Å². The van der Waals surface area contributed by atoms with Crippen LogP contribution in [0.4, 0.5) is 15.8 Å². The van der Waals surface area contributed by atoms with Crippen LogP contribution in [0.15, 0.2) is 18.2 Å². The number of piperidine rings is 1. The van der Waals surface area contributed by atoms with Gasteiger partial charge in [0.2, 0.25) is 11.8 Å². The van der Waals surface area contributed by atoms with Gasteiger partial charge in [-0.25, -0.2) is 4.39 Å². The number of amides is 2. The molecule has 2 heterocycles. The zero-order valence-electron chi connectivity index (χ0n) is 14.6. The van der Waals surface area contributed by atoms with E-state index in [0.29, 0.717) is 19.6 Å². The van der Waals surface area contributed by atoms with Gasteiger partial charge in [-0.05, 0) is 37.5 Å². The minimum absolute atomic E-state index is 0.0364. The summed E-state index contributed by atoms with van der Waals surface area (Å²) in [5.74, 6) is -0.956. The largest absolute Gasteiger partial charge is 0.373 e. The van der Waals surface area contributed by atoms with Crippen molar-refractivity contribution in [1.82, 2.24) is 4.90 Å². The maximum atomic E-state index is 13.8. The molecule has 1 aromatic carbocycles. The van der Waals surface area contributed by atoms with Crippen molar-refractivity contribution < 1.29 is 14.0 Å². The van der Waals surface area contributed by atoms with E-state index in [0.717, 1.165) is 37.2 Å². The van der Waals surface area contributed by atoms with Crippen molar-refractivity contribution in [2.24, 2.45) is 11.7 Å². The highest BCUT2D eigenvalue weighted by molar-refractivity contribution is 5.85. The van der Waals surface area contributed by atoms with Gasteiger partial charge in [0.05, 0.1) is 23.8 Å². The van der Waals surface area contributed by atoms with E-state index in [1.54, 1.807) is 11.0 Å². The van der Waals surface area contributed by atoms with Gasteiger partial charge in [0.15, 0.2) is 0 Å². The van der Waals surface area contributed by atoms with Crippen LogP contribution in [-0.4, -0.2) is 56.5 Å². The SMILES string of the molecule is CN1CCCN(CC(=O)N2CCCC(C(N)=O)C2)c2cc(F)ccc21. The number of benzene rings is 1. The zero-order valence-corrected chi connectivity index (χ0v) is 14.6. The van der Waals surface area contributed by atoms with Crippen molar-refractivity contribution in [2.75, 3.05) is 49.6 Å². The minimum atomic E-state index is -0.346. The highest BCUT2D eigenvalue weighted by atomic mass is 19.1. The Hall–Kier alpha value is -2.31. The van der Waals surface area contributed by atoms with Gasteiger partial charge in [0.1, 0.15) is 5.82 Å². The standard InChI is InChI=1S/C18H25FN4O2/c1-21-7-3-9-22(16-10-14(19)5-6-15(16)21)12-17(24)23-8-2-4-13(11-23)18(20)25/h5-6,10,13H,2-4,7-9,11-12H2,1H3,(H2,20,25). The number of nitrogens with two attached hydrogens (primary N) is 1. The van der Waals surface area contributed by atoms with Gasteiger partial charge in [-0.15, -0.1) is 0 Å². The summed E-state index contributed by atoms with van der Waals surface area (Å²) in [6.45, 7) is 2.77. The molecule has 2 aliphatic rings. The Kier molecular flexibility index (Phi) is 5.11. The molecule has 1 fully saturated rings. The van der Waals surface area contributed by atoms with Crippen LogP contribution in [-0.2, 0) is 9.59 Å². The number of hydrogen-bond donors (Lipinski definition) is 1. The van der Waals surface area contributed by atoms with E-state index < -0.39 is 0 Å². The van der Waals surface area contributed by atoms with E-state index in [1.165, 1.54) is 12.1 Å². The van der Waals surface area contributed by atoms with Crippen molar-refractivity contribution in [3.63, 3.8) is 0 Å². The number of carbonyl (C=O) groups is 2. The number of rotatable bonds is 3. The number of fused-ring (bicyclic) bond motifs is 1. The van der Waals surface area contributed by atoms with E-state index in [-0.39, 0.29) is 30.1 Å². The molecule has 25 heavy (non-hydrogen) atoms. The molecule has 2 aliphatic heterocycles. The summed E-state index contributed by atoms with van der Waals surface area (Å²) >= 11 is 0. The summed E-state index contributed by atoms with van der Waals surface area (Å²) in [4.78, 5) is 29.9. The van der Waals surface area contributed by atoms with Gasteiger partial charge < -0.3 is 20.4 Å². The molecular formula is C18H25FN4O2. The molecule has 136 valence electrons. The van der Waals surface area contributed by atoms with Gasteiger partial charge in [0, 0.05) is 33.2 Å². The quantitative estimate of drug-likeness (QED) is 0.891. The van der Waals surface area contributed by atoms with E-state index in [4.69, 9.17) is 5.73 Å². The molecule has 7 heteroatoms. The number of halogens is 1. The maximum absolute atomic E-state index is 13.8. The second-order valence-corrected chi connectivity index (χ2v) is 6.91. The van der Waals surface area contributed by atoms with Crippen LogP contribution in [0.5, 0.6) is 0 Å². The van der Waals surface area contributed by atoms with Crippen LogP contribution in [0.1, 0.15) is 19.3 Å². The number of anilines is 2. The fourth-order valence-electron chi connectivity index (χ4n) is 3.68. The molecule has 3 rings (SSSR count). The van der Waals surface area contributed by atoms with Crippen molar-refractivity contribution in [1.29, 1.82) is 0 Å². The number of hydrogen-bond acceptors (Lipinski definition) is 4. The van der Waals surface area contributed by atoms with Crippen LogP contribution in [0.25, 0.3) is 0 Å². The summed E-state index contributed by atoms with van der Waals surface area (Å²) in [5.41, 5.74) is 7.07. The molecule has 0 aliphatic carbocycles. The highest BCUT2D eigenvalue weighted by Crippen LogP contribution is 2.32. The molecule has 0 spiro atoms. The van der Waals surface area contributed by atoms with Crippen LogP contribution in [0.3, 0.4) is 0 Å². The smallest absolute Gasteiger partial charge is 0.242 e. The molecule has 1 saturated heterocycles. The summed E-state index contributed by atoms with van der Waals surface area (Å²) in [5, 5.41) is 0. The molecule has 1 atom stereocenters. The summed E-state index contributed by atoms with van der Waals surface area (Å²) in [6, 6.07) is 4.70. The van der Waals surface area contributed by atoms with Crippen LogP contribution < -0.4 is 15.5 Å². The van der Waals surface area contributed by atoms with Gasteiger partial charge in [-0.3, -0.25) is 9.59 Å².